The predicted molar refractivity (Wildman–Crippen MR) is 112 cm³/mol. The molecular formula is C20H27ClN2O4S. The van der Waals surface area contributed by atoms with Crippen molar-refractivity contribution in [3.63, 3.8) is 0 Å². The van der Waals surface area contributed by atoms with E-state index in [1.165, 1.54) is 0 Å². The first-order chi connectivity index (χ1) is 13.0. The van der Waals surface area contributed by atoms with Crippen LogP contribution in [-0.4, -0.2) is 46.5 Å². The Labute approximate surface area is 173 Å². The standard InChI is InChI=1S/C20H26N2O4S.ClH/c1-21-15-16-11-13-22(14-12-16)27(23,24)20-9-7-19(8-10-20)26-18-5-3-17(25-2)4-6-18;/h3-10,16,21H,11-15H2,1-2H3;1H. The first-order valence-corrected chi connectivity index (χ1v) is 10.5. The van der Waals surface area contributed by atoms with Gasteiger partial charge in [-0.3, -0.25) is 0 Å². The molecule has 1 heterocycles. The molecule has 0 radical (unpaired) electrons. The van der Waals surface area contributed by atoms with Crippen molar-refractivity contribution >= 4 is 22.4 Å². The predicted octanol–water partition coefficient (Wildman–Crippen LogP) is 3.53. The third-order valence-corrected chi connectivity index (χ3v) is 6.74. The van der Waals surface area contributed by atoms with E-state index in [0.717, 1.165) is 25.1 Å². The first kappa shape index (κ1) is 22.5. The van der Waals surface area contributed by atoms with Gasteiger partial charge >= 0.3 is 0 Å². The summed E-state index contributed by atoms with van der Waals surface area (Å²) >= 11 is 0. The fourth-order valence-corrected chi connectivity index (χ4v) is 4.72. The van der Waals surface area contributed by atoms with E-state index in [0.29, 0.717) is 35.4 Å². The van der Waals surface area contributed by atoms with E-state index in [1.807, 2.05) is 19.2 Å². The van der Waals surface area contributed by atoms with Gasteiger partial charge in [0.1, 0.15) is 17.2 Å². The molecule has 1 fully saturated rings. The Bertz CT molecular complexity index is 834. The summed E-state index contributed by atoms with van der Waals surface area (Å²) in [6.07, 6.45) is 1.78. The molecule has 28 heavy (non-hydrogen) atoms. The van der Waals surface area contributed by atoms with Crippen LogP contribution in [0.1, 0.15) is 12.8 Å². The zero-order valence-corrected chi connectivity index (χ0v) is 17.8. The summed E-state index contributed by atoms with van der Waals surface area (Å²) in [6, 6.07) is 13.8. The Morgan fingerprint density at radius 2 is 1.46 bits per heavy atom. The molecule has 0 saturated carbocycles. The highest BCUT2D eigenvalue weighted by Crippen LogP contribution is 2.27. The quantitative estimate of drug-likeness (QED) is 0.733. The lowest BCUT2D eigenvalue weighted by Gasteiger charge is -2.31. The molecule has 0 atom stereocenters. The average Bonchev–Trinajstić information content (AvgIpc) is 2.70. The molecule has 1 aliphatic heterocycles. The summed E-state index contributed by atoms with van der Waals surface area (Å²) in [4.78, 5) is 0.302. The van der Waals surface area contributed by atoms with Crippen molar-refractivity contribution in [1.82, 2.24) is 9.62 Å². The largest absolute Gasteiger partial charge is 0.497 e. The summed E-state index contributed by atoms with van der Waals surface area (Å²) in [5.41, 5.74) is 0. The normalized spacial score (nSPS) is 15.6. The minimum atomic E-state index is -3.46. The summed E-state index contributed by atoms with van der Waals surface area (Å²) < 4.78 is 38.2. The monoisotopic (exact) mass is 426 g/mol. The highest BCUT2D eigenvalue weighted by Gasteiger charge is 2.29. The van der Waals surface area contributed by atoms with Crippen molar-refractivity contribution in [2.24, 2.45) is 5.92 Å². The highest BCUT2D eigenvalue weighted by molar-refractivity contribution is 7.89. The molecule has 0 amide bonds. The van der Waals surface area contributed by atoms with Gasteiger partial charge in [-0.2, -0.15) is 4.31 Å². The Hall–Kier alpha value is -1.80. The molecule has 2 aromatic rings. The number of hydrogen-bond donors (Lipinski definition) is 1. The van der Waals surface area contributed by atoms with Crippen LogP contribution in [0.3, 0.4) is 0 Å². The molecule has 1 N–H and O–H groups in total. The van der Waals surface area contributed by atoms with Crippen LogP contribution in [-0.2, 0) is 10.0 Å². The van der Waals surface area contributed by atoms with Crippen LogP contribution < -0.4 is 14.8 Å². The molecule has 3 rings (SSSR count). The van der Waals surface area contributed by atoms with Gasteiger partial charge in [-0.25, -0.2) is 8.42 Å². The lowest BCUT2D eigenvalue weighted by Crippen LogP contribution is -2.40. The molecule has 6 nitrogen and oxygen atoms in total. The number of hydrogen-bond acceptors (Lipinski definition) is 5. The number of methoxy groups -OCH3 is 1. The maximum Gasteiger partial charge on any atom is 0.243 e. The van der Waals surface area contributed by atoms with Gasteiger partial charge in [0.25, 0.3) is 0 Å². The number of sulfonamides is 1. The van der Waals surface area contributed by atoms with Crippen molar-refractivity contribution in [3.05, 3.63) is 48.5 Å². The highest BCUT2D eigenvalue weighted by atomic mass is 35.5. The molecule has 0 unspecified atom stereocenters. The molecule has 0 aromatic heterocycles. The van der Waals surface area contributed by atoms with Crippen LogP contribution in [0.5, 0.6) is 17.2 Å². The fraction of sp³-hybridized carbons (Fsp3) is 0.400. The van der Waals surface area contributed by atoms with Gasteiger partial charge in [0, 0.05) is 13.1 Å². The maximum absolute atomic E-state index is 12.8. The van der Waals surface area contributed by atoms with E-state index in [-0.39, 0.29) is 12.4 Å². The second-order valence-corrected chi connectivity index (χ2v) is 8.59. The summed E-state index contributed by atoms with van der Waals surface area (Å²) in [5.74, 6) is 2.55. The minimum Gasteiger partial charge on any atom is -0.497 e. The second-order valence-electron chi connectivity index (χ2n) is 6.65. The maximum atomic E-state index is 12.8. The van der Waals surface area contributed by atoms with Crippen LogP contribution in [0.4, 0.5) is 0 Å². The summed E-state index contributed by atoms with van der Waals surface area (Å²) in [7, 11) is 0.0804. The fourth-order valence-electron chi connectivity index (χ4n) is 3.25. The third kappa shape index (κ3) is 5.38. The third-order valence-electron chi connectivity index (χ3n) is 4.82. The van der Waals surface area contributed by atoms with Gasteiger partial charge in [0.2, 0.25) is 10.0 Å². The SMILES string of the molecule is CNCC1CCN(S(=O)(=O)c2ccc(Oc3ccc(OC)cc3)cc2)CC1.Cl. The van der Waals surface area contributed by atoms with Gasteiger partial charge in [0.05, 0.1) is 12.0 Å². The molecule has 0 bridgehead atoms. The van der Waals surface area contributed by atoms with Crippen LogP contribution in [0, 0.1) is 5.92 Å². The Morgan fingerprint density at radius 1 is 0.964 bits per heavy atom. The minimum absolute atomic E-state index is 0. The lowest BCUT2D eigenvalue weighted by molar-refractivity contribution is 0.270. The molecule has 1 saturated heterocycles. The first-order valence-electron chi connectivity index (χ1n) is 9.09. The molecule has 1 aliphatic rings. The topological polar surface area (TPSA) is 67.9 Å². The number of halogens is 1. The number of nitrogens with zero attached hydrogens (tertiary/aromatic N) is 1. The summed E-state index contributed by atoms with van der Waals surface area (Å²) in [6.45, 7) is 2.07. The van der Waals surface area contributed by atoms with E-state index in [1.54, 1.807) is 47.8 Å². The van der Waals surface area contributed by atoms with Gasteiger partial charge in [-0.05, 0) is 80.9 Å². The average molecular weight is 427 g/mol. The number of ether oxygens (including phenoxy) is 2. The number of benzene rings is 2. The van der Waals surface area contributed by atoms with Gasteiger partial charge < -0.3 is 14.8 Å². The van der Waals surface area contributed by atoms with Crippen molar-refractivity contribution in [3.8, 4) is 17.2 Å². The second kappa shape index (κ2) is 10.1. The van der Waals surface area contributed by atoms with Crippen LogP contribution in [0.15, 0.2) is 53.4 Å². The number of rotatable bonds is 7. The van der Waals surface area contributed by atoms with E-state index in [4.69, 9.17) is 9.47 Å². The molecule has 8 heteroatoms. The van der Waals surface area contributed by atoms with Crippen molar-refractivity contribution in [2.75, 3.05) is 33.8 Å². The van der Waals surface area contributed by atoms with E-state index in [2.05, 4.69) is 5.32 Å². The van der Waals surface area contributed by atoms with E-state index in [9.17, 15) is 8.42 Å². The van der Waals surface area contributed by atoms with Gasteiger partial charge in [0.15, 0.2) is 0 Å². The Kier molecular flexibility index (Phi) is 8.12. The summed E-state index contributed by atoms with van der Waals surface area (Å²) in [5, 5.41) is 3.17. The lowest BCUT2D eigenvalue weighted by atomic mass is 9.98. The zero-order valence-electron chi connectivity index (χ0n) is 16.1. The van der Waals surface area contributed by atoms with Crippen LogP contribution in [0.25, 0.3) is 0 Å². The smallest absolute Gasteiger partial charge is 0.243 e. The van der Waals surface area contributed by atoms with Crippen LogP contribution in [0.2, 0.25) is 0 Å². The van der Waals surface area contributed by atoms with Gasteiger partial charge in [-0.15, -0.1) is 12.4 Å². The van der Waals surface area contributed by atoms with Crippen molar-refractivity contribution in [2.45, 2.75) is 17.7 Å². The van der Waals surface area contributed by atoms with Crippen molar-refractivity contribution in [1.29, 1.82) is 0 Å². The Morgan fingerprint density at radius 3 is 1.96 bits per heavy atom. The van der Waals surface area contributed by atoms with Gasteiger partial charge in [-0.1, -0.05) is 0 Å². The van der Waals surface area contributed by atoms with Crippen molar-refractivity contribution < 1.29 is 17.9 Å². The Balaban J connectivity index is 0.00000280. The molecule has 0 aliphatic carbocycles. The molecule has 154 valence electrons. The van der Waals surface area contributed by atoms with E-state index < -0.39 is 10.0 Å². The van der Waals surface area contributed by atoms with E-state index >= 15 is 0 Å². The molecular weight excluding hydrogens is 400 g/mol. The number of piperidine rings is 1. The zero-order chi connectivity index (χ0) is 19.3. The molecule has 0 spiro atoms. The molecule has 2 aromatic carbocycles. The van der Waals surface area contributed by atoms with Crippen LogP contribution >= 0.6 is 12.4 Å². The number of nitrogens with one attached hydrogen (secondary N) is 1.